The molecule has 0 aliphatic rings. The highest BCUT2D eigenvalue weighted by Crippen LogP contribution is 2.31. The van der Waals surface area contributed by atoms with E-state index in [-0.39, 0.29) is 17.8 Å². The lowest BCUT2D eigenvalue weighted by molar-refractivity contribution is -0.128. The molecular weight excluding hydrogens is 272 g/mol. The molecule has 0 spiro atoms. The molecule has 0 fully saturated rings. The topological polar surface area (TPSA) is 49.7 Å². The Morgan fingerprint density at radius 2 is 1.95 bits per heavy atom. The van der Waals surface area contributed by atoms with Gasteiger partial charge in [-0.3, -0.25) is 4.79 Å². The summed E-state index contributed by atoms with van der Waals surface area (Å²) < 4.78 is 0. The first-order chi connectivity index (χ1) is 9.63. The van der Waals surface area contributed by atoms with Gasteiger partial charge in [0.1, 0.15) is 0 Å². The molecule has 0 aromatic heterocycles. The Morgan fingerprint density at radius 1 is 1.25 bits per heavy atom. The molecule has 104 valence electrons. The number of thioether (sulfide) groups is 1. The van der Waals surface area contributed by atoms with Crippen molar-refractivity contribution in [1.82, 2.24) is 4.90 Å². The first kappa shape index (κ1) is 14.5. The molecule has 0 saturated carbocycles. The fraction of sp³-hybridized carbons (Fsp3) is 0.267. The third kappa shape index (κ3) is 3.17. The van der Waals surface area contributed by atoms with Crippen molar-refractivity contribution in [3.8, 4) is 0 Å². The van der Waals surface area contributed by atoms with E-state index < -0.39 is 0 Å². The molecule has 0 saturated heterocycles. The number of amides is 1. The number of fused-ring (bicyclic) bond motifs is 1. The molecule has 1 unspecified atom stereocenters. The van der Waals surface area contributed by atoms with E-state index in [1.54, 1.807) is 7.05 Å². The smallest absolute Gasteiger partial charge is 0.237 e. The van der Waals surface area contributed by atoms with Gasteiger partial charge in [-0.15, -0.1) is 16.7 Å². The average Bonchev–Trinajstić information content (AvgIpc) is 2.47. The number of carbonyl (C=O) groups is 1. The Bertz CT molecular complexity index is 625. The number of rotatable bonds is 5. The minimum absolute atomic E-state index is 0.0949. The predicted molar refractivity (Wildman–Crippen MR) is 82.7 cm³/mol. The fourth-order valence-corrected chi connectivity index (χ4v) is 3.14. The lowest BCUT2D eigenvalue weighted by Crippen LogP contribution is -2.33. The normalized spacial score (nSPS) is 12.1. The van der Waals surface area contributed by atoms with Gasteiger partial charge in [-0.25, -0.2) is 0 Å². The molecule has 4 nitrogen and oxygen atoms in total. The molecule has 0 aliphatic carbocycles. The van der Waals surface area contributed by atoms with E-state index in [4.69, 9.17) is 0 Å². The number of nitroso groups, excluding NO2 is 1. The van der Waals surface area contributed by atoms with E-state index in [0.29, 0.717) is 0 Å². The van der Waals surface area contributed by atoms with E-state index >= 15 is 0 Å². The highest BCUT2D eigenvalue weighted by Gasteiger charge is 2.19. The summed E-state index contributed by atoms with van der Waals surface area (Å²) in [6.45, 7) is 1.73. The van der Waals surface area contributed by atoms with Crippen molar-refractivity contribution in [1.29, 1.82) is 0 Å². The van der Waals surface area contributed by atoms with Gasteiger partial charge in [0.25, 0.3) is 0 Å². The van der Waals surface area contributed by atoms with Crippen LogP contribution in [0.1, 0.15) is 6.92 Å². The number of hydrogen-bond acceptors (Lipinski definition) is 4. The zero-order valence-corrected chi connectivity index (χ0v) is 12.3. The molecule has 1 atom stereocenters. The third-order valence-corrected chi connectivity index (χ3v) is 4.21. The third-order valence-electron chi connectivity index (χ3n) is 3.05. The maximum absolute atomic E-state index is 12.1. The number of carbonyl (C=O) groups excluding carboxylic acids is 1. The Labute approximate surface area is 122 Å². The molecule has 2 aromatic rings. The molecule has 0 bridgehead atoms. The summed E-state index contributed by atoms with van der Waals surface area (Å²) >= 11 is 1.50. The van der Waals surface area contributed by atoms with Crippen LogP contribution in [0, 0.1) is 4.91 Å². The Hall–Kier alpha value is -1.88. The van der Waals surface area contributed by atoms with Crippen molar-refractivity contribution in [3.05, 3.63) is 47.4 Å². The van der Waals surface area contributed by atoms with Gasteiger partial charge >= 0.3 is 0 Å². The van der Waals surface area contributed by atoms with Crippen LogP contribution in [0.15, 0.2) is 52.5 Å². The van der Waals surface area contributed by atoms with E-state index in [0.717, 1.165) is 15.7 Å². The quantitative estimate of drug-likeness (QED) is 0.625. The summed E-state index contributed by atoms with van der Waals surface area (Å²) in [7, 11) is 1.59. The summed E-state index contributed by atoms with van der Waals surface area (Å²) in [6, 6.07) is 14.1. The predicted octanol–water partition coefficient (Wildman–Crippen LogP) is 3.50. The van der Waals surface area contributed by atoms with Gasteiger partial charge in [-0.2, -0.15) is 0 Å². The van der Waals surface area contributed by atoms with Crippen molar-refractivity contribution in [3.63, 3.8) is 0 Å². The highest BCUT2D eigenvalue weighted by molar-refractivity contribution is 8.00. The maximum atomic E-state index is 12.1. The monoisotopic (exact) mass is 288 g/mol. The van der Waals surface area contributed by atoms with Crippen LogP contribution in [-0.2, 0) is 4.79 Å². The minimum Gasteiger partial charge on any atom is -0.322 e. The Morgan fingerprint density at radius 3 is 2.70 bits per heavy atom. The summed E-state index contributed by atoms with van der Waals surface area (Å²) in [6.07, 6.45) is 0. The second kappa shape index (κ2) is 6.52. The zero-order valence-electron chi connectivity index (χ0n) is 11.4. The molecule has 5 heteroatoms. The summed E-state index contributed by atoms with van der Waals surface area (Å²) in [5.74, 6) is -0.0949. The Balaban J connectivity index is 2.19. The summed E-state index contributed by atoms with van der Waals surface area (Å²) in [5, 5.41) is 4.77. The lowest BCUT2D eigenvalue weighted by atomic mass is 10.1. The van der Waals surface area contributed by atoms with E-state index in [2.05, 4.69) is 5.18 Å². The van der Waals surface area contributed by atoms with Crippen molar-refractivity contribution in [2.24, 2.45) is 5.18 Å². The van der Waals surface area contributed by atoms with E-state index in [1.165, 1.54) is 16.7 Å². The molecule has 0 aliphatic heterocycles. The molecule has 0 N–H and O–H groups in total. The van der Waals surface area contributed by atoms with Crippen LogP contribution >= 0.6 is 11.8 Å². The van der Waals surface area contributed by atoms with Crippen molar-refractivity contribution in [2.75, 3.05) is 13.7 Å². The first-order valence-corrected chi connectivity index (χ1v) is 7.20. The fourth-order valence-electron chi connectivity index (χ4n) is 2.01. The van der Waals surface area contributed by atoms with Gasteiger partial charge in [-0.1, -0.05) is 36.4 Å². The van der Waals surface area contributed by atoms with Gasteiger partial charge in [0.05, 0.1) is 5.25 Å². The second-order valence-electron chi connectivity index (χ2n) is 4.54. The molecule has 0 radical (unpaired) electrons. The molecule has 1 amide bonds. The molecule has 0 heterocycles. The molecule has 2 aromatic carbocycles. The number of benzene rings is 2. The first-order valence-electron chi connectivity index (χ1n) is 6.32. The average molecular weight is 288 g/mol. The highest BCUT2D eigenvalue weighted by atomic mass is 32.2. The van der Waals surface area contributed by atoms with Crippen LogP contribution in [0.25, 0.3) is 10.8 Å². The zero-order chi connectivity index (χ0) is 14.5. The standard InChI is InChI=1S/C15H16N2O2S/c1-11(15(18)17(2)10-16-19)20-14-9-5-7-12-6-3-4-8-13(12)14/h3-9,11H,10H2,1-2H3. The second-order valence-corrected chi connectivity index (χ2v) is 5.93. The number of nitrogens with zero attached hydrogens (tertiary/aromatic N) is 2. The van der Waals surface area contributed by atoms with Gasteiger partial charge in [0.15, 0.2) is 6.67 Å². The number of hydrogen-bond donors (Lipinski definition) is 0. The lowest BCUT2D eigenvalue weighted by Gasteiger charge is -2.18. The van der Waals surface area contributed by atoms with Gasteiger partial charge < -0.3 is 4.90 Å². The van der Waals surface area contributed by atoms with Gasteiger partial charge in [0.2, 0.25) is 5.91 Å². The summed E-state index contributed by atoms with van der Waals surface area (Å²) in [5.41, 5.74) is 0. The molecule has 2 rings (SSSR count). The van der Waals surface area contributed by atoms with Crippen LogP contribution in [0.4, 0.5) is 0 Å². The SMILES string of the molecule is CC(Sc1cccc2ccccc12)C(=O)N(C)CN=O. The Kier molecular flexibility index (Phi) is 4.74. The molecular formula is C15H16N2O2S. The largest absolute Gasteiger partial charge is 0.322 e. The van der Waals surface area contributed by atoms with Crippen molar-refractivity contribution >= 4 is 28.4 Å². The van der Waals surface area contributed by atoms with Gasteiger partial charge in [-0.05, 0) is 28.9 Å². The van der Waals surface area contributed by atoms with Crippen LogP contribution in [0.5, 0.6) is 0 Å². The van der Waals surface area contributed by atoms with E-state index in [1.807, 2.05) is 49.4 Å². The maximum Gasteiger partial charge on any atom is 0.237 e. The van der Waals surface area contributed by atoms with E-state index in [9.17, 15) is 9.70 Å². The van der Waals surface area contributed by atoms with Crippen molar-refractivity contribution < 1.29 is 4.79 Å². The summed E-state index contributed by atoms with van der Waals surface area (Å²) in [4.78, 5) is 24.7. The van der Waals surface area contributed by atoms with Crippen LogP contribution in [0.2, 0.25) is 0 Å². The van der Waals surface area contributed by atoms with Crippen LogP contribution < -0.4 is 0 Å². The molecule has 20 heavy (non-hydrogen) atoms. The van der Waals surface area contributed by atoms with Gasteiger partial charge in [0, 0.05) is 11.9 Å². The van der Waals surface area contributed by atoms with Crippen LogP contribution in [-0.4, -0.2) is 29.8 Å². The van der Waals surface area contributed by atoms with Crippen molar-refractivity contribution in [2.45, 2.75) is 17.1 Å². The minimum atomic E-state index is -0.257. The van der Waals surface area contributed by atoms with Crippen LogP contribution in [0.3, 0.4) is 0 Å².